The molecule has 0 atom stereocenters. The van der Waals surface area contributed by atoms with Crippen molar-refractivity contribution in [3.63, 3.8) is 0 Å². The molecule has 0 aliphatic carbocycles. The molecule has 0 unspecified atom stereocenters. The van der Waals surface area contributed by atoms with Crippen molar-refractivity contribution in [1.29, 1.82) is 0 Å². The number of halogens is 3. The van der Waals surface area contributed by atoms with Crippen LogP contribution in [0, 0.1) is 0 Å². The van der Waals surface area contributed by atoms with E-state index >= 15 is 0 Å². The van der Waals surface area contributed by atoms with Crippen molar-refractivity contribution in [2.45, 2.75) is 0 Å². The van der Waals surface area contributed by atoms with Gasteiger partial charge < -0.3 is 9.79 Å². The van der Waals surface area contributed by atoms with Crippen LogP contribution in [0.4, 0.5) is 0 Å². The van der Waals surface area contributed by atoms with E-state index in [1.165, 1.54) is 0 Å². The number of aromatic nitrogens is 3. The molecule has 2 N–H and O–H groups in total. The monoisotopic (exact) mass is 265 g/mol. The van der Waals surface area contributed by atoms with Crippen LogP contribution in [0.1, 0.15) is 0 Å². The molecule has 1 aromatic heterocycles. The van der Waals surface area contributed by atoms with Crippen molar-refractivity contribution >= 4 is 43.1 Å². The molecule has 1 aromatic rings. The van der Waals surface area contributed by atoms with Crippen molar-refractivity contribution in [2.75, 3.05) is 0 Å². The summed E-state index contributed by atoms with van der Waals surface area (Å²) in [5.74, 6) is 0. The summed E-state index contributed by atoms with van der Waals surface area (Å²) in [4.78, 5) is 24.7. The molecule has 0 fully saturated rings. The van der Waals surface area contributed by atoms with Crippen LogP contribution in [0.2, 0.25) is 15.9 Å². The zero-order valence-electron chi connectivity index (χ0n) is 5.78. The van der Waals surface area contributed by atoms with E-state index in [9.17, 15) is 0 Å². The molecule has 1 heterocycles. The number of hydrogen-bond acceptors (Lipinski definition) is 4. The maximum absolute atomic E-state index is 8.74. The Bertz CT molecular complexity index is 257. The lowest BCUT2D eigenvalue weighted by molar-refractivity contribution is 0.405. The Labute approximate surface area is 88.5 Å². The van der Waals surface area contributed by atoms with Crippen molar-refractivity contribution in [2.24, 2.45) is 0 Å². The molecule has 10 heteroatoms. The van der Waals surface area contributed by atoms with E-state index in [0.717, 1.165) is 0 Å². The summed E-state index contributed by atoms with van der Waals surface area (Å²) in [6.45, 7) is 0. The normalized spacial score (nSPS) is 9.38. The van der Waals surface area contributed by atoms with Gasteiger partial charge in [-0.2, -0.15) is 15.0 Å². The van der Waals surface area contributed by atoms with E-state index in [-0.39, 0.29) is 15.9 Å². The summed E-state index contributed by atoms with van der Waals surface area (Å²) in [6.07, 6.45) is 0. The summed E-state index contributed by atoms with van der Waals surface area (Å²) < 4.78 is 8.74. The van der Waals surface area contributed by atoms with Crippen LogP contribution in [0.15, 0.2) is 0 Å². The highest BCUT2D eigenvalue weighted by Gasteiger charge is 1.97. The predicted molar refractivity (Wildman–Crippen MR) is 48.3 cm³/mol. The van der Waals surface area contributed by atoms with Crippen molar-refractivity contribution in [3.8, 4) is 0 Å². The van der Waals surface area contributed by atoms with Crippen LogP contribution in [-0.2, 0) is 4.57 Å². The first-order valence-corrected chi connectivity index (χ1v) is 5.00. The van der Waals surface area contributed by atoms with E-state index < -0.39 is 8.25 Å². The third kappa shape index (κ3) is 8.36. The third-order valence-electron chi connectivity index (χ3n) is 0.554. The molecule has 1 rings (SSSR count). The van der Waals surface area contributed by atoms with E-state index in [1.807, 2.05) is 0 Å². The van der Waals surface area contributed by atoms with Crippen molar-refractivity contribution in [3.05, 3.63) is 15.9 Å². The van der Waals surface area contributed by atoms with Gasteiger partial charge >= 0.3 is 8.25 Å². The number of rotatable bonds is 0. The maximum atomic E-state index is 8.74. The highest BCUT2D eigenvalue weighted by atomic mass is 35.5. The number of hydrogen-bond donors (Lipinski definition) is 2. The van der Waals surface area contributed by atoms with Crippen LogP contribution in [0.5, 0.6) is 0 Å². The van der Waals surface area contributed by atoms with Crippen LogP contribution < -0.4 is 0 Å². The SMILES string of the molecule is Clc1nc(Cl)nc(Cl)n1.O=[PH](O)O. The van der Waals surface area contributed by atoms with Crippen LogP contribution in [0.25, 0.3) is 0 Å². The highest BCUT2D eigenvalue weighted by Crippen LogP contribution is 2.08. The second-order valence-corrected chi connectivity index (χ2v) is 3.00. The molecule has 0 aliphatic rings. The van der Waals surface area contributed by atoms with Gasteiger partial charge in [0.2, 0.25) is 15.9 Å². The largest absolute Gasteiger partial charge is 0.326 e. The molecule has 0 spiro atoms. The van der Waals surface area contributed by atoms with Crippen LogP contribution in [0.3, 0.4) is 0 Å². The molecule has 0 saturated heterocycles. The van der Waals surface area contributed by atoms with Gasteiger partial charge in [-0.1, -0.05) is 0 Å². The predicted octanol–water partition coefficient (Wildman–Crippen LogP) is 1.19. The van der Waals surface area contributed by atoms with Crippen LogP contribution >= 0.6 is 43.1 Å². The van der Waals surface area contributed by atoms with Gasteiger partial charge in [0.1, 0.15) is 0 Å². The third-order valence-corrected chi connectivity index (χ3v) is 1.06. The highest BCUT2D eigenvalue weighted by molar-refractivity contribution is 7.30. The van der Waals surface area contributed by atoms with E-state index in [0.29, 0.717) is 0 Å². The summed E-state index contributed by atoms with van der Waals surface area (Å²) in [5, 5.41) is 0.00000000000000178. The summed E-state index contributed by atoms with van der Waals surface area (Å²) in [7, 11) is -3.13. The molecule has 0 amide bonds. The Morgan fingerprint density at radius 2 is 1.08 bits per heavy atom. The zero-order chi connectivity index (χ0) is 10.4. The minimum Gasteiger partial charge on any atom is -0.326 e. The Morgan fingerprint density at radius 3 is 1.23 bits per heavy atom. The summed E-state index contributed by atoms with van der Waals surface area (Å²) >= 11 is 16.0. The molecule has 0 saturated carbocycles. The molecule has 0 radical (unpaired) electrons. The molecule has 0 bridgehead atoms. The molecular formula is C3H3Cl3N3O3P. The van der Waals surface area contributed by atoms with Gasteiger partial charge in [0.25, 0.3) is 0 Å². The average Bonchev–Trinajstić information content (AvgIpc) is 1.80. The first kappa shape index (κ1) is 13.0. The first-order chi connectivity index (χ1) is 5.91. The van der Waals surface area contributed by atoms with Gasteiger partial charge in [0.15, 0.2) is 0 Å². The van der Waals surface area contributed by atoms with Gasteiger partial charge in [-0.15, -0.1) is 0 Å². The fourth-order valence-electron chi connectivity index (χ4n) is 0.303. The molecule has 0 aromatic carbocycles. The molecule has 6 nitrogen and oxygen atoms in total. The Kier molecular flexibility index (Phi) is 6.49. The Morgan fingerprint density at radius 1 is 0.923 bits per heavy atom. The van der Waals surface area contributed by atoms with Gasteiger partial charge in [-0.25, -0.2) is 0 Å². The quantitative estimate of drug-likeness (QED) is 0.685. The maximum Gasteiger partial charge on any atom is 0.314 e. The van der Waals surface area contributed by atoms with E-state index in [1.54, 1.807) is 0 Å². The van der Waals surface area contributed by atoms with Gasteiger partial charge in [-0.05, 0) is 34.8 Å². The topological polar surface area (TPSA) is 96.2 Å². The molecule has 0 aliphatic heterocycles. The average molecular weight is 266 g/mol. The Hall–Kier alpha value is 0.0300. The van der Waals surface area contributed by atoms with Gasteiger partial charge in [-0.3, -0.25) is 4.57 Å². The smallest absolute Gasteiger partial charge is 0.314 e. The lowest BCUT2D eigenvalue weighted by Crippen LogP contribution is -1.87. The molecular weight excluding hydrogens is 263 g/mol. The molecule has 13 heavy (non-hydrogen) atoms. The standard InChI is InChI=1S/C3Cl3N3.H3O3P/c4-1-7-2(5)9-3(6)8-1;1-4(2)3/h;4H,(H2,1,2,3). The summed E-state index contributed by atoms with van der Waals surface area (Å²) in [5.41, 5.74) is 0. The second-order valence-electron chi connectivity index (χ2n) is 1.43. The lowest BCUT2D eigenvalue weighted by Gasteiger charge is -1.88. The zero-order valence-corrected chi connectivity index (χ0v) is 9.05. The van der Waals surface area contributed by atoms with E-state index in [2.05, 4.69) is 15.0 Å². The minimum absolute atomic E-state index is 0.000000000000000444. The van der Waals surface area contributed by atoms with Crippen molar-refractivity contribution < 1.29 is 14.4 Å². The summed E-state index contributed by atoms with van der Waals surface area (Å²) in [6, 6.07) is 0. The fourth-order valence-corrected chi connectivity index (χ4v) is 0.913. The Balaban J connectivity index is 0.000000310. The van der Waals surface area contributed by atoms with Gasteiger partial charge in [0.05, 0.1) is 0 Å². The fraction of sp³-hybridized carbons (Fsp3) is 0. The van der Waals surface area contributed by atoms with Gasteiger partial charge in [0, 0.05) is 0 Å². The first-order valence-electron chi connectivity index (χ1n) is 2.56. The van der Waals surface area contributed by atoms with Crippen LogP contribution in [-0.4, -0.2) is 24.7 Å². The minimum atomic E-state index is -3.13. The molecule has 74 valence electrons. The van der Waals surface area contributed by atoms with E-state index in [4.69, 9.17) is 49.2 Å². The van der Waals surface area contributed by atoms with Crippen molar-refractivity contribution in [1.82, 2.24) is 15.0 Å². The lowest BCUT2D eigenvalue weighted by atomic mass is 11.1. The number of nitrogens with zero attached hydrogens (tertiary/aromatic N) is 3. The second kappa shape index (κ2) is 6.48.